The van der Waals surface area contributed by atoms with E-state index in [1.807, 2.05) is 6.92 Å². The van der Waals surface area contributed by atoms with Crippen molar-refractivity contribution < 1.29 is 23.9 Å². The van der Waals surface area contributed by atoms with E-state index >= 15 is 0 Å². The monoisotopic (exact) mass is 490 g/mol. The molecule has 1 aliphatic heterocycles. The average Bonchev–Trinajstić information content (AvgIpc) is 3.67. The number of nitrogens with zero attached hydrogens (tertiary/aromatic N) is 1. The molecule has 36 heavy (non-hydrogen) atoms. The number of allylic oxidation sites excluding steroid dienone is 2. The largest absolute Gasteiger partial charge is 0.462 e. The minimum atomic E-state index is -0.355. The normalized spacial score (nSPS) is 35.9. The van der Waals surface area contributed by atoms with Gasteiger partial charge in [-0.1, -0.05) is 25.5 Å². The van der Waals surface area contributed by atoms with E-state index in [-0.39, 0.29) is 59.3 Å². The van der Waals surface area contributed by atoms with Crippen molar-refractivity contribution in [3.63, 3.8) is 0 Å². The second-order valence-corrected chi connectivity index (χ2v) is 11.3. The summed E-state index contributed by atoms with van der Waals surface area (Å²) in [4.78, 5) is 53.3. The van der Waals surface area contributed by atoms with Crippen molar-refractivity contribution in [1.82, 2.24) is 4.90 Å². The Morgan fingerprint density at radius 1 is 0.944 bits per heavy atom. The van der Waals surface area contributed by atoms with Crippen LogP contribution in [0.2, 0.25) is 0 Å². The first-order valence-electron chi connectivity index (χ1n) is 13.6. The summed E-state index contributed by atoms with van der Waals surface area (Å²) in [6.45, 7) is 2.45. The van der Waals surface area contributed by atoms with Gasteiger partial charge in [-0.2, -0.15) is 0 Å². The fourth-order valence-electron chi connectivity index (χ4n) is 7.26. The number of unbranched alkanes of at least 4 members (excludes halogenated alkanes) is 1. The van der Waals surface area contributed by atoms with E-state index in [4.69, 9.17) is 4.74 Å². The summed E-state index contributed by atoms with van der Waals surface area (Å²) in [5.74, 6) is 0.932. The van der Waals surface area contributed by atoms with Crippen molar-refractivity contribution in [2.75, 3.05) is 11.9 Å². The molecule has 4 fully saturated rings. The molecule has 3 saturated carbocycles. The van der Waals surface area contributed by atoms with Crippen LogP contribution >= 0.6 is 0 Å². The van der Waals surface area contributed by atoms with Gasteiger partial charge in [-0.05, 0) is 86.5 Å². The molecule has 0 radical (unpaired) electrons. The molecule has 7 heteroatoms. The number of benzene rings is 1. The van der Waals surface area contributed by atoms with Crippen molar-refractivity contribution in [3.8, 4) is 0 Å². The molecule has 7 rings (SSSR count). The van der Waals surface area contributed by atoms with E-state index < -0.39 is 0 Å². The van der Waals surface area contributed by atoms with Gasteiger partial charge in [0, 0.05) is 17.6 Å². The second-order valence-electron chi connectivity index (χ2n) is 11.3. The van der Waals surface area contributed by atoms with Crippen LogP contribution in [0.5, 0.6) is 0 Å². The molecule has 2 bridgehead atoms. The number of esters is 1. The SMILES string of the molecule is CCCCOC(=O)c1ccc(NC(=O)C2CCC(N3C(=O)[C@@H]4[C@H]5C=C[C@@H]([C@@H]6C[C@H]56)[C@@H]4C3=O)CC2)cc1. The van der Waals surface area contributed by atoms with Gasteiger partial charge in [-0.25, -0.2) is 4.79 Å². The molecule has 1 aromatic carbocycles. The van der Waals surface area contributed by atoms with Gasteiger partial charge in [0.15, 0.2) is 0 Å². The van der Waals surface area contributed by atoms with Gasteiger partial charge in [0.2, 0.25) is 17.7 Å². The summed E-state index contributed by atoms with van der Waals surface area (Å²) in [7, 11) is 0. The first-order chi connectivity index (χ1) is 17.5. The maximum atomic E-state index is 13.4. The Kier molecular flexibility index (Phi) is 5.97. The maximum absolute atomic E-state index is 13.4. The minimum Gasteiger partial charge on any atom is -0.462 e. The standard InChI is InChI=1S/C29H34N2O5/c1-2-3-14-36-29(35)17-4-8-18(9-5-17)30-26(32)16-6-10-19(11-7-16)31-27(33)24-20-12-13-21(23-15-22(20)23)25(24)28(31)34/h4-5,8-9,12-13,16,19-25H,2-3,6-7,10-11,14-15H2,1H3,(H,30,32)/t16?,19?,20-,21-,22-,23+,24-,25+/m0/s1. The van der Waals surface area contributed by atoms with Crippen LogP contribution in [0.4, 0.5) is 5.69 Å². The first-order valence-corrected chi connectivity index (χ1v) is 13.6. The number of likely N-dealkylation sites (tertiary alicyclic amines) is 1. The number of carbonyl (C=O) groups is 4. The highest BCUT2D eigenvalue weighted by molar-refractivity contribution is 6.06. The lowest BCUT2D eigenvalue weighted by Crippen LogP contribution is -2.44. The van der Waals surface area contributed by atoms with Gasteiger partial charge < -0.3 is 10.1 Å². The number of anilines is 1. The van der Waals surface area contributed by atoms with Crippen molar-refractivity contribution in [2.24, 2.45) is 41.4 Å². The predicted molar refractivity (Wildman–Crippen MR) is 133 cm³/mol. The molecular weight excluding hydrogens is 456 g/mol. The van der Waals surface area contributed by atoms with E-state index in [1.165, 1.54) is 6.42 Å². The highest BCUT2D eigenvalue weighted by Gasteiger charge is 2.67. The first kappa shape index (κ1) is 23.4. The Bertz CT molecular complexity index is 1070. The predicted octanol–water partition coefficient (Wildman–Crippen LogP) is 4.19. The fourth-order valence-corrected chi connectivity index (χ4v) is 7.26. The molecule has 0 aromatic heterocycles. The Morgan fingerprint density at radius 2 is 1.56 bits per heavy atom. The highest BCUT2D eigenvalue weighted by Crippen LogP contribution is 2.65. The molecule has 3 amide bonds. The minimum absolute atomic E-state index is 0.0379. The number of imide groups is 1. The summed E-state index contributed by atoms with van der Waals surface area (Å²) in [6.07, 6.45) is 10.0. The molecule has 7 nitrogen and oxygen atoms in total. The zero-order valence-electron chi connectivity index (χ0n) is 20.7. The molecule has 6 atom stereocenters. The molecule has 0 spiro atoms. The molecule has 1 saturated heterocycles. The molecule has 6 aliphatic rings. The Labute approximate surface area is 211 Å². The lowest BCUT2D eigenvalue weighted by molar-refractivity contribution is -0.144. The van der Waals surface area contributed by atoms with Gasteiger partial charge in [0.25, 0.3) is 0 Å². The third-order valence-electron chi connectivity index (χ3n) is 9.25. The summed E-state index contributed by atoms with van der Waals surface area (Å²) in [5.41, 5.74) is 1.11. The smallest absolute Gasteiger partial charge is 0.338 e. The fraction of sp³-hybridized carbons (Fsp3) is 0.586. The van der Waals surface area contributed by atoms with Crippen LogP contribution < -0.4 is 5.32 Å². The van der Waals surface area contributed by atoms with Crippen molar-refractivity contribution in [3.05, 3.63) is 42.0 Å². The van der Waals surface area contributed by atoms with E-state index in [9.17, 15) is 19.2 Å². The number of carbonyl (C=O) groups excluding carboxylic acids is 4. The third kappa shape index (κ3) is 3.87. The topological polar surface area (TPSA) is 92.8 Å². The number of nitrogens with one attached hydrogen (secondary N) is 1. The molecule has 5 aliphatic carbocycles. The number of amides is 3. The summed E-state index contributed by atoms with van der Waals surface area (Å²) < 4.78 is 5.22. The van der Waals surface area contributed by atoms with Gasteiger partial charge in [0.05, 0.1) is 24.0 Å². The molecule has 1 heterocycles. The quantitative estimate of drug-likeness (QED) is 0.268. The summed E-state index contributed by atoms with van der Waals surface area (Å²) in [6, 6.07) is 6.67. The van der Waals surface area contributed by atoms with Crippen molar-refractivity contribution in [2.45, 2.75) is 57.9 Å². The van der Waals surface area contributed by atoms with E-state index in [1.54, 1.807) is 29.2 Å². The Morgan fingerprint density at radius 3 is 2.14 bits per heavy atom. The summed E-state index contributed by atoms with van der Waals surface area (Å²) in [5, 5.41) is 2.96. The highest BCUT2D eigenvalue weighted by atomic mass is 16.5. The van der Waals surface area contributed by atoms with E-state index in [0.29, 0.717) is 55.4 Å². The van der Waals surface area contributed by atoms with Crippen LogP contribution in [0.25, 0.3) is 0 Å². The Balaban J connectivity index is 1.02. The number of rotatable bonds is 7. The Hall–Kier alpha value is -2.96. The van der Waals surface area contributed by atoms with Gasteiger partial charge in [0.1, 0.15) is 0 Å². The molecular formula is C29H34N2O5. The van der Waals surface area contributed by atoms with Crippen LogP contribution in [0.1, 0.15) is 62.2 Å². The molecule has 1 N–H and O–H groups in total. The van der Waals surface area contributed by atoms with Crippen LogP contribution in [0, 0.1) is 41.4 Å². The molecule has 0 unspecified atom stereocenters. The number of hydrogen-bond acceptors (Lipinski definition) is 5. The zero-order valence-corrected chi connectivity index (χ0v) is 20.7. The molecule has 1 aromatic rings. The number of hydrogen-bond donors (Lipinski definition) is 1. The maximum Gasteiger partial charge on any atom is 0.338 e. The van der Waals surface area contributed by atoms with Crippen molar-refractivity contribution >= 4 is 29.4 Å². The average molecular weight is 491 g/mol. The van der Waals surface area contributed by atoms with Crippen LogP contribution in [-0.4, -0.2) is 41.2 Å². The van der Waals surface area contributed by atoms with Crippen LogP contribution in [0.15, 0.2) is 36.4 Å². The number of ether oxygens (including phenoxy) is 1. The van der Waals surface area contributed by atoms with Crippen LogP contribution in [0.3, 0.4) is 0 Å². The van der Waals surface area contributed by atoms with Crippen LogP contribution in [-0.2, 0) is 19.1 Å². The van der Waals surface area contributed by atoms with Gasteiger partial charge >= 0.3 is 5.97 Å². The van der Waals surface area contributed by atoms with E-state index in [0.717, 1.165) is 12.8 Å². The van der Waals surface area contributed by atoms with Gasteiger partial charge in [-0.15, -0.1) is 0 Å². The van der Waals surface area contributed by atoms with E-state index in [2.05, 4.69) is 17.5 Å². The second kappa shape index (κ2) is 9.16. The van der Waals surface area contributed by atoms with Crippen molar-refractivity contribution in [1.29, 1.82) is 0 Å². The zero-order chi connectivity index (χ0) is 25.0. The van der Waals surface area contributed by atoms with Gasteiger partial charge in [-0.3, -0.25) is 19.3 Å². The lowest BCUT2D eigenvalue weighted by Gasteiger charge is -2.37. The molecule has 190 valence electrons. The third-order valence-corrected chi connectivity index (χ3v) is 9.25. The lowest BCUT2D eigenvalue weighted by atomic mass is 9.63. The summed E-state index contributed by atoms with van der Waals surface area (Å²) >= 11 is 0.